The molecule has 0 aliphatic heterocycles. The first-order chi connectivity index (χ1) is 5.78. The minimum absolute atomic E-state index is 0.444. The lowest BCUT2D eigenvalue weighted by Gasteiger charge is -2.28. The summed E-state index contributed by atoms with van der Waals surface area (Å²) in [6.45, 7) is 10.1. The maximum absolute atomic E-state index is 11.1. The smallest absolute Gasteiger partial charge is 0.309 e. The van der Waals surface area contributed by atoms with E-state index in [1.807, 2.05) is 6.92 Å². The van der Waals surface area contributed by atoms with Gasteiger partial charge in [0, 0.05) is 0 Å². The van der Waals surface area contributed by atoms with E-state index in [0.29, 0.717) is 11.8 Å². The van der Waals surface area contributed by atoms with Crippen molar-refractivity contribution in [3.05, 3.63) is 0 Å². The second-order valence-corrected chi connectivity index (χ2v) is 5.06. The highest BCUT2D eigenvalue weighted by molar-refractivity contribution is 5.74. The molecule has 0 bridgehead atoms. The van der Waals surface area contributed by atoms with Crippen LogP contribution in [0.3, 0.4) is 0 Å². The molecule has 0 aromatic rings. The van der Waals surface area contributed by atoms with Gasteiger partial charge in [0.25, 0.3) is 0 Å². The number of carbonyl (C=O) groups is 1. The summed E-state index contributed by atoms with van der Waals surface area (Å²) in [6.07, 6.45) is 1.53. The highest BCUT2D eigenvalue weighted by atomic mass is 16.4. The van der Waals surface area contributed by atoms with Gasteiger partial charge in [0.2, 0.25) is 0 Å². The van der Waals surface area contributed by atoms with E-state index in [0.717, 1.165) is 12.8 Å². The van der Waals surface area contributed by atoms with E-state index in [9.17, 15) is 4.79 Å². The Kier molecular flexibility index (Phi) is 4.45. The van der Waals surface area contributed by atoms with Gasteiger partial charge in [-0.05, 0) is 31.6 Å². The molecular weight excluding hydrogens is 164 g/mol. The Bertz CT molecular complexity index is 161. The van der Waals surface area contributed by atoms with Crippen molar-refractivity contribution in [2.45, 2.75) is 47.5 Å². The number of carboxylic acid groups (broad SMARTS) is 1. The molecule has 0 saturated heterocycles. The molecule has 2 nitrogen and oxygen atoms in total. The van der Waals surface area contributed by atoms with Crippen molar-refractivity contribution < 1.29 is 9.90 Å². The summed E-state index contributed by atoms with van der Waals surface area (Å²) in [4.78, 5) is 11.1. The number of aliphatic carboxylic acids is 1. The molecule has 0 heterocycles. The first-order valence-corrected chi connectivity index (χ1v) is 5.01. The van der Waals surface area contributed by atoms with Gasteiger partial charge in [0.15, 0.2) is 0 Å². The predicted molar refractivity (Wildman–Crippen MR) is 54.7 cm³/mol. The highest BCUT2D eigenvalue weighted by Crippen LogP contribution is 2.33. The zero-order valence-corrected chi connectivity index (χ0v) is 9.42. The molecule has 0 radical (unpaired) electrons. The van der Waals surface area contributed by atoms with Gasteiger partial charge >= 0.3 is 5.97 Å². The molecule has 0 unspecified atom stereocenters. The van der Waals surface area contributed by atoms with Crippen LogP contribution in [0.4, 0.5) is 0 Å². The lowest BCUT2D eigenvalue weighted by Crippen LogP contribution is -2.30. The van der Waals surface area contributed by atoms with Gasteiger partial charge in [-0.2, -0.15) is 0 Å². The minimum atomic E-state index is -0.658. The number of rotatable bonds is 5. The second kappa shape index (κ2) is 4.64. The maximum atomic E-state index is 11.1. The average molecular weight is 186 g/mol. The van der Waals surface area contributed by atoms with Gasteiger partial charge < -0.3 is 5.11 Å². The zero-order valence-electron chi connectivity index (χ0n) is 9.42. The van der Waals surface area contributed by atoms with Crippen LogP contribution in [-0.2, 0) is 4.79 Å². The zero-order chi connectivity index (χ0) is 10.6. The van der Waals surface area contributed by atoms with Gasteiger partial charge in [-0.15, -0.1) is 0 Å². The van der Waals surface area contributed by atoms with Gasteiger partial charge in [0.1, 0.15) is 0 Å². The maximum Gasteiger partial charge on any atom is 0.309 e. The minimum Gasteiger partial charge on any atom is -0.481 e. The lowest BCUT2D eigenvalue weighted by molar-refractivity contribution is -0.150. The van der Waals surface area contributed by atoms with Gasteiger partial charge in [-0.1, -0.05) is 27.7 Å². The third-order valence-corrected chi connectivity index (χ3v) is 2.23. The van der Waals surface area contributed by atoms with Gasteiger partial charge in [-0.3, -0.25) is 4.79 Å². The van der Waals surface area contributed by atoms with E-state index in [4.69, 9.17) is 5.11 Å². The Balaban J connectivity index is 4.43. The topological polar surface area (TPSA) is 37.3 Å². The third kappa shape index (κ3) is 4.30. The highest BCUT2D eigenvalue weighted by Gasteiger charge is 2.34. The van der Waals surface area contributed by atoms with E-state index in [1.165, 1.54) is 0 Å². The van der Waals surface area contributed by atoms with Crippen molar-refractivity contribution in [2.24, 2.45) is 17.3 Å². The largest absolute Gasteiger partial charge is 0.481 e. The number of hydrogen-bond acceptors (Lipinski definition) is 1. The molecule has 0 rings (SSSR count). The summed E-state index contributed by atoms with van der Waals surface area (Å²) in [6, 6.07) is 0. The van der Waals surface area contributed by atoms with Crippen LogP contribution < -0.4 is 0 Å². The molecule has 0 amide bonds. The van der Waals surface area contributed by atoms with Crippen LogP contribution in [0.5, 0.6) is 0 Å². The summed E-state index contributed by atoms with van der Waals surface area (Å²) in [5.41, 5.74) is -0.539. The van der Waals surface area contributed by atoms with Gasteiger partial charge in [-0.25, -0.2) is 0 Å². The summed E-state index contributed by atoms with van der Waals surface area (Å²) in [5, 5.41) is 9.13. The summed E-state index contributed by atoms with van der Waals surface area (Å²) in [5.74, 6) is 0.231. The van der Waals surface area contributed by atoms with E-state index in [-0.39, 0.29) is 0 Å². The summed E-state index contributed by atoms with van der Waals surface area (Å²) in [7, 11) is 0. The molecular formula is C11H22O2. The normalized spacial score (nSPS) is 12.5. The quantitative estimate of drug-likeness (QED) is 0.716. The van der Waals surface area contributed by atoms with E-state index in [1.54, 1.807) is 0 Å². The molecule has 2 heteroatoms. The lowest BCUT2D eigenvalue weighted by atomic mass is 9.76. The molecule has 0 aliphatic carbocycles. The third-order valence-electron chi connectivity index (χ3n) is 2.23. The second-order valence-electron chi connectivity index (χ2n) is 5.06. The summed E-state index contributed by atoms with van der Waals surface area (Å²) < 4.78 is 0. The fraction of sp³-hybridized carbons (Fsp3) is 0.909. The molecule has 0 spiro atoms. The Hall–Kier alpha value is -0.530. The van der Waals surface area contributed by atoms with Crippen molar-refractivity contribution in [2.75, 3.05) is 0 Å². The van der Waals surface area contributed by atoms with Crippen LogP contribution in [-0.4, -0.2) is 11.1 Å². The summed E-state index contributed by atoms with van der Waals surface area (Å²) >= 11 is 0. The molecule has 0 aliphatic rings. The molecule has 1 N–H and O–H groups in total. The standard InChI is InChI=1S/C11H22O2/c1-8(2)6-11(5,10(12)13)7-9(3)4/h8-9H,6-7H2,1-5H3,(H,12,13). The first kappa shape index (κ1) is 12.5. The Morgan fingerprint density at radius 1 is 1.15 bits per heavy atom. The van der Waals surface area contributed by atoms with Crippen molar-refractivity contribution >= 4 is 5.97 Å². The Labute approximate surface area is 81.3 Å². The molecule has 78 valence electrons. The molecule has 0 saturated carbocycles. The van der Waals surface area contributed by atoms with Crippen LogP contribution in [0.25, 0.3) is 0 Å². The fourth-order valence-electron chi connectivity index (χ4n) is 2.06. The van der Waals surface area contributed by atoms with Crippen LogP contribution in [0, 0.1) is 17.3 Å². The predicted octanol–water partition coefficient (Wildman–Crippen LogP) is 3.17. The van der Waals surface area contributed by atoms with E-state index < -0.39 is 11.4 Å². The number of hydrogen-bond donors (Lipinski definition) is 1. The Morgan fingerprint density at radius 3 is 1.62 bits per heavy atom. The Morgan fingerprint density at radius 2 is 1.46 bits per heavy atom. The molecule has 0 aromatic heterocycles. The van der Waals surface area contributed by atoms with Crippen LogP contribution in [0.1, 0.15) is 47.5 Å². The molecule has 0 aromatic carbocycles. The van der Waals surface area contributed by atoms with Crippen LogP contribution in [0.15, 0.2) is 0 Å². The van der Waals surface area contributed by atoms with Crippen molar-refractivity contribution in [1.82, 2.24) is 0 Å². The van der Waals surface area contributed by atoms with E-state index >= 15 is 0 Å². The van der Waals surface area contributed by atoms with Crippen LogP contribution >= 0.6 is 0 Å². The van der Waals surface area contributed by atoms with Gasteiger partial charge in [0.05, 0.1) is 5.41 Å². The average Bonchev–Trinajstić information content (AvgIpc) is 1.82. The van der Waals surface area contributed by atoms with Crippen molar-refractivity contribution in [3.63, 3.8) is 0 Å². The fourth-order valence-corrected chi connectivity index (χ4v) is 2.06. The first-order valence-electron chi connectivity index (χ1n) is 5.01. The number of carboxylic acids is 1. The van der Waals surface area contributed by atoms with Crippen LogP contribution in [0.2, 0.25) is 0 Å². The van der Waals surface area contributed by atoms with E-state index in [2.05, 4.69) is 27.7 Å². The van der Waals surface area contributed by atoms with Crippen molar-refractivity contribution in [3.8, 4) is 0 Å². The molecule has 13 heavy (non-hydrogen) atoms. The molecule has 0 fully saturated rings. The molecule has 0 atom stereocenters. The SMILES string of the molecule is CC(C)CC(C)(CC(C)C)C(=O)O. The monoisotopic (exact) mass is 186 g/mol. The van der Waals surface area contributed by atoms with Crippen molar-refractivity contribution in [1.29, 1.82) is 0 Å².